The molecule has 1 aliphatic carbocycles. The zero-order chi connectivity index (χ0) is 14.2. The summed E-state index contributed by atoms with van der Waals surface area (Å²) in [6, 6.07) is 0. The maximum absolute atomic E-state index is 12.6. The van der Waals surface area contributed by atoms with Gasteiger partial charge in [-0.2, -0.15) is 0 Å². The molecule has 0 bridgehead atoms. The van der Waals surface area contributed by atoms with E-state index in [0.717, 1.165) is 64.3 Å². The fourth-order valence-corrected chi connectivity index (χ4v) is 4.47. The Morgan fingerprint density at radius 2 is 1.79 bits per heavy atom. The summed E-state index contributed by atoms with van der Waals surface area (Å²) in [7, 11) is -3.58. The SMILES string of the molecule is CCCCNC1(P(=O)(O)OCCCC)CCCCC1. The third kappa shape index (κ3) is 4.86. The fourth-order valence-electron chi connectivity index (χ4n) is 2.65. The molecule has 0 amide bonds. The van der Waals surface area contributed by atoms with Gasteiger partial charge in [-0.15, -0.1) is 0 Å². The van der Waals surface area contributed by atoms with Gasteiger partial charge in [-0.25, -0.2) is 0 Å². The quantitative estimate of drug-likeness (QED) is 0.497. The molecule has 0 heterocycles. The molecule has 19 heavy (non-hydrogen) atoms. The molecule has 2 N–H and O–H groups in total. The van der Waals surface area contributed by atoms with Crippen molar-refractivity contribution in [2.45, 2.75) is 76.9 Å². The van der Waals surface area contributed by atoms with Crippen LogP contribution in [0, 0.1) is 0 Å². The molecule has 1 atom stereocenters. The van der Waals surface area contributed by atoms with Gasteiger partial charge in [-0.05, 0) is 32.2 Å². The van der Waals surface area contributed by atoms with Crippen LogP contribution in [0.4, 0.5) is 0 Å². The Balaban J connectivity index is 2.67. The first-order valence-corrected chi connectivity index (χ1v) is 9.38. The Labute approximate surface area is 117 Å². The maximum Gasteiger partial charge on any atom is 0.347 e. The van der Waals surface area contributed by atoms with Crippen LogP contribution in [0.15, 0.2) is 0 Å². The molecule has 1 aliphatic rings. The van der Waals surface area contributed by atoms with Crippen LogP contribution in [0.1, 0.15) is 71.6 Å². The van der Waals surface area contributed by atoms with Crippen LogP contribution in [-0.2, 0) is 9.09 Å². The second kappa shape index (κ2) is 8.41. The second-order valence-electron chi connectivity index (χ2n) is 5.58. The molecule has 5 heteroatoms. The highest BCUT2D eigenvalue weighted by Gasteiger charge is 2.48. The molecule has 0 saturated heterocycles. The van der Waals surface area contributed by atoms with Crippen molar-refractivity contribution in [1.82, 2.24) is 5.32 Å². The van der Waals surface area contributed by atoms with Crippen LogP contribution in [0.25, 0.3) is 0 Å². The lowest BCUT2D eigenvalue weighted by atomic mass is 9.94. The first-order chi connectivity index (χ1) is 9.08. The van der Waals surface area contributed by atoms with Crippen LogP contribution < -0.4 is 5.32 Å². The number of hydrogen-bond donors (Lipinski definition) is 2. The summed E-state index contributed by atoms with van der Waals surface area (Å²) >= 11 is 0. The predicted molar refractivity (Wildman–Crippen MR) is 79.4 cm³/mol. The van der Waals surface area contributed by atoms with E-state index in [9.17, 15) is 9.46 Å². The Kier molecular flexibility index (Phi) is 7.60. The summed E-state index contributed by atoms with van der Waals surface area (Å²) in [5.74, 6) is 0. The Morgan fingerprint density at radius 1 is 1.16 bits per heavy atom. The van der Waals surface area contributed by atoms with Crippen LogP contribution in [-0.4, -0.2) is 23.3 Å². The summed E-state index contributed by atoms with van der Waals surface area (Å²) in [6.07, 6.45) is 8.67. The molecular formula is C14H30NO3P. The summed E-state index contributed by atoms with van der Waals surface area (Å²) in [4.78, 5) is 10.4. The average molecular weight is 291 g/mol. The van der Waals surface area contributed by atoms with Crippen molar-refractivity contribution in [2.75, 3.05) is 13.2 Å². The van der Waals surface area contributed by atoms with Crippen molar-refractivity contribution in [3.63, 3.8) is 0 Å². The highest BCUT2D eigenvalue weighted by molar-refractivity contribution is 7.54. The number of unbranched alkanes of at least 4 members (excludes halogenated alkanes) is 2. The Hall–Kier alpha value is 0.110. The minimum atomic E-state index is -3.58. The first kappa shape index (κ1) is 17.2. The Morgan fingerprint density at radius 3 is 2.37 bits per heavy atom. The molecule has 0 spiro atoms. The van der Waals surface area contributed by atoms with E-state index < -0.39 is 12.9 Å². The highest BCUT2D eigenvalue weighted by atomic mass is 31.2. The van der Waals surface area contributed by atoms with Gasteiger partial charge >= 0.3 is 7.60 Å². The topological polar surface area (TPSA) is 58.6 Å². The zero-order valence-corrected chi connectivity index (χ0v) is 13.4. The third-order valence-electron chi connectivity index (χ3n) is 3.97. The van der Waals surface area contributed by atoms with E-state index >= 15 is 0 Å². The molecule has 0 radical (unpaired) electrons. The Bertz CT molecular complexity index is 290. The molecule has 4 nitrogen and oxygen atoms in total. The van der Waals surface area contributed by atoms with Crippen LogP contribution >= 0.6 is 7.60 Å². The van der Waals surface area contributed by atoms with Crippen LogP contribution in [0.2, 0.25) is 0 Å². The summed E-state index contributed by atoms with van der Waals surface area (Å²) < 4.78 is 18.0. The van der Waals surface area contributed by atoms with Crippen molar-refractivity contribution in [3.8, 4) is 0 Å². The van der Waals surface area contributed by atoms with E-state index in [1.165, 1.54) is 0 Å². The minimum absolute atomic E-state index is 0.390. The monoisotopic (exact) mass is 291 g/mol. The van der Waals surface area contributed by atoms with Gasteiger partial charge in [-0.3, -0.25) is 4.57 Å². The lowest BCUT2D eigenvalue weighted by molar-refractivity contribution is 0.193. The molecule has 0 aromatic rings. The molecule has 0 aromatic heterocycles. The largest absolute Gasteiger partial charge is 0.347 e. The summed E-state index contributed by atoms with van der Waals surface area (Å²) in [6.45, 7) is 5.38. The molecule has 0 aromatic carbocycles. The standard InChI is InChI=1S/C14H30NO3P/c1-3-5-12-15-14(10-8-7-9-11-14)19(16,17)18-13-6-4-2/h15H,3-13H2,1-2H3,(H,16,17). The maximum atomic E-state index is 12.6. The molecule has 1 fully saturated rings. The number of nitrogens with one attached hydrogen (secondary N) is 1. The van der Waals surface area contributed by atoms with Gasteiger partial charge in [0.2, 0.25) is 0 Å². The van der Waals surface area contributed by atoms with Gasteiger partial charge in [0.05, 0.1) is 6.61 Å². The second-order valence-corrected chi connectivity index (χ2v) is 7.73. The smallest absolute Gasteiger partial charge is 0.323 e. The minimum Gasteiger partial charge on any atom is -0.323 e. The van der Waals surface area contributed by atoms with E-state index in [2.05, 4.69) is 19.2 Å². The number of rotatable bonds is 9. The molecule has 0 aliphatic heterocycles. The molecule has 114 valence electrons. The molecule has 1 saturated carbocycles. The third-order valence-corrected chi connectivity index (χ3v) is 6.19. The lowest BCUT2D eigenvalue weighted by Gasteiger charge is -2.40. The normalized spacial score (nSPS) is 22.1. The van der Waals surface area contributed by atoms with Crippen molar-refractivity contribution in [1.29, 1.82) is 0 Å². The van der Waals surface area contributed by atoms with E-state index in [1.807, 2.05) is 0 Å². The number of hydrogen-bond acceptors (Lipinski definition) is 3. The van der Waals surface area contributed by atoms with E-state index in [4.69, 9.17) is 4.52 Å². The van der Waals surface area contributed by atoms with Gasteiger partial charge in [0.15, 0.2) is 0 Å². The van der Waals surface area contributed by atoms with E-state index in [1.54, 1.807) is 0 Å². The lowest BCUT2D eigenvalue weighted by Crippen LogP contribution is -2.47. The summed E-state index contributed by atoms with van der Waals surface area (Å²) in [5, 5.41) is 2.68. The van der Waals surface area contributed by atoms with Gasteiger partial charge in [0.25, 0.3) is 0 Å². The van der Waals surface area contributed by atoms with Crippen molar-refractivity contribution in [3.05, 3.63) is 0 Å². The van der Waals surface area contributed by atoms with Gasteiger partial charge < -0.3 is 14.7 Å². The average Bonchev–Trinajstić information content (AvgIpc) is 2.40. The van der Waals surface area contributed by atoms with Crippen molar-refractivity contribution in [2.24, 2.45) is 0 Å². The van der Waals surface area contributed by atoms with Gasteiger partial charge in [-0.1, -0.05) is 46.0 Å². The van der Waals surface area contributed by atoms with Gasteiger partial charge in [0, 0.05) is 0 Å². The van der Waals surface area contributed by atoms with Crippen molar-refractivity contribution < 1.29 is 14.0 Å². The molecule has 1 rings (SSSR count). The molecule has 1 unspecified atom stereocenters. The van der Waals surface area contributed by atoms with E-state index in [-0.39, 0.29) is 0 Å². The van der Waals surface area contributed by atoms with Gasteiger partial charge in [0.1, 0.15) is 5.28 Å². The fraction of sp³-hybridized carbons (Fsp3) is 1.00. The van der Waals surface area contributed by atoms with Crippen LogP contribution in [0.3, 0.4) is 0 Å². The highest BCUT2D eigenvalue weighted by Crippen LogP contribution is 2.59. The first-order valence-electron chi connectivity index (χ1n) is 7.80. The summed E-state index contributed by atoms with van der Waals surface area (Å²) in [5.41, 5.74) is 0. The van der Waals surface area contributed by atoms with Crippen LogP contribution in [0.5, 0.6) is 0 Å². The zero-order valence-electron chi connectivity index (χ0n) is 12.5. The molecular weight excluding hydrogens is 261 g/mol. The predicted octanol–water partition coefficient (Wildman–Crippen LogP) is 4.04. The van der Waals surface area contributed by atoms with Crippen molar-refractivity contribution >= 4 is 7.60 Å². The van der Waals surface area contributed by atoms with E-state index in [0.29, 0.717) is 6.61 Å².